The van der Waals surface area contributed by atoms with E-state index in [0.29, 0.717) is 32.2 Å². The standard InChI is InChI=1S/C13H22N2O4.2H2/c1-10(16)4-3-5-12(18)15-9-7-13(19)14-8-6-11(2)17;;/h3-9H2,1-2H3,(H,14,19)(H,15,18);2*1H. The zero-order chi connectivity index (χ0) is 14.7. The molecule has 0 aromatic rings. The van der Waals surface area contributed by atoms with E-state index in [9.17, 15) is 19.2 Å². The minimum atomic E-state index is -0.190. The molecule has 0 rings (SSSR count). The molecule has 19 heavy (non-hydrogen) atoms. The topological polar surface area (TPSA) is 92.3 Å². The molecular formula is C13H26N2O4. The number of hydrogen-bond acceptors (Lipinski definition) is 4. The molecule has 0 atom stereocenters. The van der Waals surface area contributed by atoms with E-state index in [4.69, 9.17) is 0 Å². The van der Waals surface area contributed by atoms with Gasteiger partial charge in [0.25, 0.3) is 0 Å². The van der Waals surface area contributed by atoms with Crippen molar-refractivity contribution in [2.24, 2.45) is 0 Å². The Kier molecular flexibility index (Phi) is 9.30. The third-order valence-corrected chi connectivity index (χ3v) is 2.41. The fourth-order valence-electron chi connectivity index (χ4n) is 1.37. The lowest BCUT2D eigenvalue weighted by atomic mass is 10.2. The number of carbonyl (C=O) groups is 4. The summed E-state index contributed by atoms with van der Waals surface area (Å²) in [4.78, 5) is 43.9. The average Bonchev–Trinajstić information content (AvgIpc) is 2.27. The monoisotopic (exact) mass is 274 g/mol. The number of rotatable bonds is 10. The van der Waals surface area contributed by atoms with Crippen LogP contribution in [0.4, 0.5) is 0 Å². The molecule has 0 heterocycles. The summed E-state index contributed by atoms with van der Waals surface area (Å²) in [6.07, 6.45) is 1.75. The van der Waals surface area contributed by atoms with Gasteiger partial charge in [-0.2, -0.15) is 0 Å². The van der Waals surface area contributed by atoms with Crippen LogP contribution in [0.1, 0.15) is 48.8 Å². The number of carbonyl (C=O) groups excluding carboxylic acids is 4. The second kappa shape index (κ2) is 10.2. The van der Waals surface area contributed by atoms with Crippen molar-refractivity contribution in [1.29, 1.82) is 0 Å². The van der Waals surface area contributed by atoms with Crippen LogP contribution in [0.25, 0.3) is 0 Å². The van der Waals surface area contributed by atoms with E-state index < -0.39 is 0 Å². The molecule has 0 saturated heterocycles. The van der Waals surface area contributed by atoms with Crippen LogP contribution in [0.2, 0.25) is 0 Å². The highest BCUT2D eigenvalue weighted by molar-refractivity contribution is 5.80. The zero-order valence-electron chi connectivity index (χ0n) is 11.6. The summed E-state index contributed by atoms with van der Waals surface area (Å²) in [6, 6.07) is 0. The fraction of sp³-hybridized carbons (Fsp3) is 0.692. The van der Waals surface area contributed by atoms with Crippen molar-refractivity contribution in [3.63, 3.8) is 0 Å². The molecule has 112 valence electrons. The van der Waals surface area contributed by atoms with Gasteiger partial charge in [-0.05, 0) is 20.3 Å². The average molecular weight is 274 g/mol. The van der Waals surface area contributed by atoms with Crippen LogP contribution in [-0.4, -0.2) is 36.5 Å². The van der Waals surface area contributed by atoms with Gasteiger partial charge in [0.05, 0.1) is 0 Å². The Hall–Kier alpha value is -1.72. The van der Waals surface area contributed by atoms with Gasteiger partial charge in [-0.15, -0.1) is 0 Å². The van der Waals surface area contributed by atoms with E-state index in [1.165, 1.54) is 13.8 Å². The maximum atomic E-state index is 11.3. The highest BCUT2D eigenvalue weighted by atomic mass is 16.2. The summed E-state index contributed by atoms with van der Waals surface area (Å²) >= 11 is 0. The first-order chi connectivity index (χ1) is 8.91. The summed E-state index contributed by atoms with van der Waals surface area (Å²) in [5.41, 5.74) is 0. The van der Waals surface area contributed by atoms with Crippen LogP contribution in [0.5, 0.6) is 0 Å². The molecule has 0 aliphatic rings. The van der Waals surface area contributed by atoms with E-state index >= 15 is 0 Å². The van der Waals surface area contributed by atoms with Gasteiger partial charge in [-0.1, -0.05) is 0 Å². The number of ketones is 2. The van der Waals surface area contributed by atoms with Crippen LogP contribution >= 0.6 is 0 Å². The minimum absolute atomic E-state index is 0. The summed E-state index contributed by atoms with van der Waals surface area (Å²) in [5.74, 6) is -0.250. The molecule has 6 heteroatoms. The predicted octanol–water partition coefficient (Wildman–Crippen LogP) is 0.839. The summed E-state index contributed by atoms with van der Waals surface area (Å²) < 4.78 is 0. The van der Waals surface area contributed by atoms with Crippen molar-refractivity contribution < 1.29 is 22.0 Å². The quantitative estimate of drug-likeness (QED) is 0.617. The Labute approximate surface area is 116 Å². The Balaban J connectivity index is -0.00000162. The van der Waals surface area contributed by atoms with Gasteiger partial charge in [0, 0.05) is 41.6 Å². The number of Topliss-reactive ketones (excluding diaryl/α,β-unsaturated/α-hetero) is 2. The first kappa shape index (κ1) is 17.3. The first-order valence-corrected chi connectivity index (χ1v) is 6.44. The lowest BCUT2D eigenvalue weighted by Gasteiger charge is -2.05. The third kappa shape index (κ3) is 12.5. The Bertz CT molecular complexity index is 317. The molecule has 0 spiro atoms. The zero-order valence-corrected chi connectivity index (χ0v) is 11.6. The van der Waals surface area contributed by atoms with Crippen molar-refractivity contribution in [1.82, 2.24) is 10.6 Å². The molecule has 0 aliphatic heterocycles. The van der Waals surface area contributed by atoms with Crippen LogP contribution in [0.3, 0.4) is 0 Å². The van der Waals surface area contributed by atoms with Gasteiger partial charge in [0.15, 0.2) is 0 Å². The molecule has 0 aromatic heterocycles. The van der Waals surface area contributed by atoms with Crippen molar-refractivity contribution in [3.8, 4) is 0 Å². The molecule has 0 fully saturated rings. The molecule has 0 saturated carbocycles. The smallest absolute Gasteiger partial charge is 0.221 e. The van der Waals surface area contributed by atoms with E-state index in [-0.39, 0.29) is 39.2 Å². The fourth-order valence-corrected chi connectivity index (χ4v) is 1.37. The Morgan fingerprint density at radius 2 is 1.21 bits per heavy atom. The van der Waals surface area contributed by atoms with Gasteiger partial charge in [0.1, 0.15) is 11.6 Å². The largest absolute Gasteiger partial charge is 0.356 e. The van der Waals surface area contributed by atoms with E-state index in [2.05, 4.69) is 10.6 Å². The van der Waals surface area contributed by atoms with Crippen molar-refractivity contribution in [2.45, 2.75) is 46.0 Å². The van der Waals surface area contributed by atoms with Crippen LogP contribution in [0.15, 0.2) is 0 Å². The van der Waals surface area contributed by atoms with Crippen molar-refractivity contribution in [2.75, 3.05) is 13.1 Å². The SMILES string of the molecule is CC(=O)CCCC(=O)NCCC(=O)NCCC(C)=O.[HH].[HH]. The summed E-state index contributed by atoms with van der Waals surface area (Å²) in [5, 5.41) is 5.20. The molecule has 2 N–H and O–H groups in total. The van der Waals surface area contributed by atoms with Gasteiger partial charge < -0.3 is 15.4 Å². The summed E-state index contributed by atoms with van der Waals surface area (Å²) in [7, 11) is 0. The van der Waals surface area contributed by atoms with E-state index in [1.807, 2.05) is 0 Å². The predicted molar refractivity (Wildman–Crippen MR) is 74.7 cm³/mol. The first-order valence-electron chi connectivity index (χ1n) is 6.44. The number of nitrogens with one attached hydrogen (secondary N) is 2. The Morgan fingerprint density at radius 3 is 1.74 bits per heavy atom. The van der Waals surface area contributed by atoms with E-state index in [0.717, 1.165) is 0 Å². The van der Waals surface area contributed by atoms with Crippen LogP contribution in [-0.2, 0) is 19.2 Å². The molecule has 0 unspecified atom stereocenters. The Morgan fingerprint density at radius 1 is 0.737 bits per heavy atom. The molecule has 2 amide bonds. The second-order valence-electron chi connectivity index (χ2n) is 4.46. The van der Waals surface area contributed by atoms with E-state index in [1.54, 1.807) is 0 Å². The molecule has 0 aliphatic carbocycles. The van der Waals surface area contributed by atoms with Crippen LogP contribution < -0.4 is 10.6 Å². The highest BCUT2D eigenvalue weighted by Gasteiger charge is 2.05. The molecular weight excluding hydrogens is 248 g/mol. The second-order valence-corrected chi connectivity index (χ2v) is 4.46. The highest BCUT2D eigenvalue weighted by Crippen LogP contribution is 1.95. The molecule has 0 aromatic carbocycles. The molecule has 6 nitrogen and oxygen atoms in total. The lowest BCUT2D eigenvalue weighted by Crippen LogP contribution is -2.31. The van der Waals surface area contributed by atoms with Gasteiger partial charge in [0.2, 0.25) is 11.8 Å². The maximum absolute atomic E-state index is 11.3. The normalized spacial score (nSPS) is 9.79. The maximum Gasteiger partial charge on any atom is 0.221 e. The minimum Gasteiger partial charge on any atom is -0.356 e. The van der Waals surface area contributed by atoms with Gasteiger partial charge >= 0.3 is 0 Å². The number of amides is 2. The number of hydrogen-bond donors (Lipinski definition) is 2. The lowest BCUT2D eigenvalue weighted by molar-refractivity contribution is -0.122. The third-order valence-electron chi connectivity index (χ3n) is 2.41. The van der Waals surface area contributed by atoms with Gasteiger partial charge in [-0.3, -0.25) is 14.4 Å². The summed E-state index contributed by atoms with van der Waals surface area (Å²) in [6.45, 7) is 3.56. The van der Waals surface area contributed by atoms with Crippen molar-refractivity contribution in [3.05, 3.63) is 0 Å². The van der Waals surface area contributed by atoms with Crippen molar-refractivity contribution >= 4 is 23.4 Å². The molecule has 0 bridgehead atoms. The van der Waals surface area contributed by atoms with Crippen LogP contribution in [0, 0.1) is 0 Å². The van der Waals surface area contributed by atoms with Gasteiger partial charge in [-0.25, -0.2) is 0 Å². The molecule has 0 radical (unpaired) electrons.